The van der Waals surface area contributed by atoms with Crippen LogP contribution < -0.4 is 10.1 Å². The van der Waals surface area contributed by atoms with E-state index in [1.807, 2.05) is 6.92 Å². The molecule has 0 fully saturated rings. The molecule has 0 aromatic heterocycles. The average molecular weight is 265 g/mol. The number of hydrogen-bond acceptors (Lipinski definition) is 2. The molecule has 1 rings (SSSR count). The molecule has 0 bridgehead atoms. The van der Waals surface area contributed by atoms with Crippen LogP contribution in [0.5, 0.6) is 5.75 Å². The van der Waals surface area contributed by atoms with Crippen LogP contribution in [0, 0.1) is 23.3 Å². The normalized spacial score (nSPS) is 10.7. The van der Waals surface area contributed by atoms with Crippen molar-refractivity contribution in [3.63, 3.8) is 0 Å². The van der Waals surface area contributed by atoms with Crippen LogP contribution in [0.4, 0.5) is 17.6 Å². The number of nitrogens with one attached hydrogen (secondary N) is 1. The van der Waals surface area contributed by atoms with Crippen LogP contribution >= 0.6 is 0 Å². The Hall–Kier alpha value is -1.30. The number of hydrogen-bond donors (Lipinski definition) is 1. The van der Waals surface area contributed by atoms with E-state index in [0.29, 0.717) is 13.0 Å². The van der Waals surface area contributed by atoms with Gasteiger partial charge in [-0.3, -0.25) is 0 Å². The Kier molecular flexibility index (Phi) is 5.91. The SMILES string of the molecule is CCCNCCCOc1c(F)c(F)cc(F)c1F. The first-order chi connectivity index (χ1) is 8.57. The molecule has 0 aliphatic carbocycles. The van der Waals surface area contributed by atoms with Gasteiger partial charge in [-0.15, -0.1) is 0 Å². The number of ether oxygens (including phenoxy) is 1. The van der Waals surface area contributed by atoms with E-state index in [2.05, 4.69) is 5.32 Å². The van der Waals surface area contributed by atoms with Gasteiger partial charge in [-0.05, 0) is 25.9 Å². The molecule has 0 saturated carbocycles. The highest BCUT2D eigenvalue weighted by Gasteiger charge is 2.20. The molecule has 0 heterocycles. The topological polar surface area (TPSA) is 21.3 Å². The third-order valence-corrected chi connectivity index (χ3v) is 2.24. The van der Waals surface area contributed by atoms with Crippen molar-refractivity contribution in [1.82, 2.24) is 5.32 Å². The van der Waals surface area contributed by atoms with Crippen LogP contribution in [-0.2, 0) is 0 Å². The van der Waals surface area contributed by atoms with Crippen LogP contribution in [-0.4, -0.2) is 19.7 Å². The van der Waals surface area contributed by atoms with Gasteiger partial charge in [0, 0.05) is 6.07 Å². The summed E-state index contributed by atoms with van der Waals surface area (Å²) in [5, 5.41) is 3.06. The Bertz CT molecular complexity index is 372. The van der Waals surface area contributed by atoms with Crippen molar-refractivity contribution in [3.8, 4) is 5.75 Å². The van der Waals surface area contributed by atoms with E-state index in [1.165, 1.54) is 0 Å². The molecule has 0 radical (unpaired) electrons. The Morgan fingerprint density at radius 3 is 2.22 bits per heavy atom. The summed E-state index contributed by atoms with van der Waals surface area (Å²) in [5.41, 5.74) is 0. The highest BCUT2D eigenvalue weighted by molar-refractivity contribution is 5.28. The monoisotopic (exact) mass is 265 g/mol. The smallest absolute Gasteiger partial charge is 0.203 e. The van der Waals surface area contributed by atoms with Gasteiger partial charge in [0.25, 0.3) is 0 Å². The fourth-order valence-electron chi connectivity index (χ4n) is 1.35. The minimum atomic E-state index is -1.50. The molecular formula is C12H15F4NO. The lowest BCUT2D eigenvalue weighted by Gasteiger charge is -2.09. The molecule has 0 spiro atoms. The van der Waals surface area contributed by atoms with E-state index in [1.54, 1.807) is 0 Å². The zero-order chi connectivity index (χ0) is 13.5. The van der Waals surface area contributed by atoms with E-state index >= 15 is 0 Å². The second-order valence-corrected chi connectivity index (χ2v) is 3.75. The molecule has 0 amide bonds. The van der Waals surface area contributed by atoms with Crippen LogP contribution in [0.1, 0.15) is 19.8 Å². The van der Waals surface area contributed by atoms with Gasteiger partial charge < -0.3 is 10.1 Å². The summed E-state index contributed by atoms with van der Waals surface area (Å²) < 4.78 is 56.7. The lowest BCUT2D eigenvalue weighted by atomic mass is 10.3. The highest BCUT2D eigenvalue weighted by Crippen LogP contribution is 2.26. The van der Waals surface area contributed by atoms with Crippen molar-refractivity contribution in [2.45, 2.75) is 19.8 Å². The molecule has 6 heteroatoms. The number of benzene rings is 1. The Balaban J connectivity index is 2.52. The molecule has 0 aliphatic rings. The van der Waals surface area contributed by atoms with Gasteiger partial charge >= 0.3 is 0 Å². The summed E-state index contributed by atoms with van der Waals surface area (Å²) in [6.45, 7) is 3.42. The highest BCUT2D eigenvalue weighted by atomic mass is 19.2. The Morgan fingerprint density at radius 1 is 1.06 bits per heavy atom. The quantitative estimate of drug-likeness (QED) is 0.465. The molecule has 2 nitrogen and oxygen atoms in total. The average Bonchev–Trinajstić information content (AvgIpc) is 2.35. The van der Waals surface area contributed by atoms with Crippen LogP contribution in [0.15, 0.2) is 6.07 Å². The fraction of sp³-hybridized carbons (Fsp3) is 0.500. The summed E-state index contributed by atoms with van der Waals surface area (Å²) in [6.07, 6.45) is 1.45. The first-order valence-corrected chi connectivity index (χ1v) is 5.74. The second kappa shape index (κ2) is 7.20. The molecule has 1 aromatic carbocycles. The van der Waals surface area contributed by atoms with Crippen LogP contribution in [0.2, 0.25) is 0 Å². The maximum Gasteiger partial charge on any atom is 0.203 e. The van der Waals surface area contributed by atoms with Gasteiger partial charge in [0.15, 0.2) is 17.4 Å². The van der Waals surface area contributed by atoms with Crippen molar-refractivity contribution in [2.75, 3.05) is 19.7 Å². The lowest BCUT2D eigenvalue weighted by molar-refractivity contribution is 0.266. The van der Waals surface area contributed by atoms with Crippen molar-refractivity contribution in [2.24, 2.45) is 0 Å². The van der Waals surface area contributed by atoms with E-state index < -0.39 is 29.0 Å². The summed E-state index contributed by atoms with van der Waals surface area (Å²) in [7, 11) is 0. The van der Waals surface area contributed by atoms with Gasteiger partial charge in [0.2, 0.25) is 11.6 Å². The Morgan fingerprint density at radius 2 is 1.67 bits per heavy atom. The predicted octanol–water partition coefficient (Wildman–Crippen LogP) is 3.01. The number of rotatable bonds is 7. The standard InChI is InChI=1S/C12H15F4NO/c1-2-4-17-5-3-6-18-12-10(15)8(13)7-9(14)11(12)16/h7,17H,2-6H2,1H3. The molecule has 102 valence electrons. The zero-order valence-corrected chi connectivity index (χ0v) is 10.0. The summed E-state index contributed by atoms with van der Waals surface area (Å²) in [5.74, 6) is -6.94. The molecule has 1 aromatic rings. The number of halogens is 4. The van der Waals surface area contributed by atoms with E-state index in [9.17, 15) is 17.6 Å². The van der Waals surface area contributed by atoms with Crippen LogP contribution in [0.25, 0.3) is 0 Å². The minimum absolute atomic E-state index is 0.0204. The summed E-state index contributed by atoms with van der Waals surface area (Å²) in [6, 6.07) is 0.153. The lowest BCUT2D eigenvalue weighted by Crippen LogP contribution is -2.18. The minimum Gasteiger partial charge on any atom is -0.487 e. The largest absolute Gasteiger partial charge is 0.487 e. The molecule has 0 saturated heterocycles. The molecule has 0 unspecified atom stereocenters. The molecule has 18 heavy (non-hydrogen) atoms. The van der Waals surface area contributed by atoms with Gasteiger partial charge in [-0.2, -0.15) is 8.78 Å². The summed E-state index contributed by atoms with van der Waals surface area (Å²) in [4.78, 5) is 0. The molecular weight excluding hydrogens is 250 g/mol. The van der Waals surface area contributed by atoms with Gasteiger partial charge in [-0.25, -0.2) is 8.78 Å². The van der Waals surface area contributed by atoms with Gasteiger partial charge in [0.05, 0.1) is 6.61 Å². The van der Waals surface area contributed by atoms with E-state index in [0.717, 1.165) is 13.0 Å². The maximum atomic E-state index is 13.2. The van der Waals surface area contributed by atoms with Crippen molar-refractivity contribution < 1.29 is 22.3 Å². The van der Waals surface area contributed by atoms with Gasteiger partial charge in [-0.1, -0.05) is 6.92 Å². The van der Waals surface area contributed by atoms with E-state index in [4.69, 9.17) is 4.74 Å². The molecule has 1 N–H and O–H groups in total. The van der Waals surface area contributed by atoms with Crippen LogP contribution in [0.3, 0.4) is 0 Å². The molecule has 0 atom stereocenters. The fourth-order valence-corrected chi connectivity index (χ4v) is 1.35. The third kappa shape index (κ3) is 3.87. The second-order valence-electron chi connectivity index (χ2n) is 3.75. The first kappa shape index (κ1) is 14.8. The predicted molar refractivity (Wildman–Crippen MR) is 59.5 cm³/mol. The van der Waals surface area contributed by atoms with Crippen molar-refractivity contribution >= 4 is 0 Å². The Labute approximate surface area is 103 Å². The summed E-state index contributed by atoms with van der Waals surface area (Å²) >= 11 is 0. The maximum absolute atomic E-state index is 13.2. The third-order valence-electron chi connectivity index (χ3n) is 2.24. The first-order valence-electron chi connectivity index (χ1n) is 5.74. The van der Waals surface area contributed by atoms with Crippen molar-refractivity contribution in [1.29, 1.82) is 0 Å². The zero-order valence-electron chi connectivity index (χ0n) is 10.0. The van der Waals surface area contributed by atoms with Gasteiger partial charge in [0.1, 0.15) is 0 Å². The molecule has 0 aliphatic heterocycles. The van der Waals surface area contributed by atoms with Crippen molar-refractivity contribution in [3.05, 3.63) is 29.3 Å². The van der Waals surface area contributed by atoms with E-state index in [-0.39, 0.29) is 12.7 Å².